The molecule has 0 amide bonds. The molecule has 0 aromatic carbocycles. The van der Waals surface area contributed by atoms with Gasteiger partial charge in [0, 0.05) is 12.7 Å². The molecule has 18 heavy (non-hydrogen) atoms. The van der Waals surface area contributed by atoms with Crippen LogP contribution in [0.2, 0.25) is 0 Å². The first-order chi connectivity index (χ1) is 8.83. The lowest BCUT2D eigenvalue weighted by atomic mass is 10.3. The summed E-state index contributed by atoms with van der Waals surface area (Å²) in [5.41, 5.74) is 1.09. The molecule has 1 aliphatic carbocycles. The van der Waals surface area contributed by atoms with Crippen LogP contribution >= 0.6 is 0 Å². The summed E-state index contributed by atoms with van der Waals surface area (Å²) in [6.07, 6.45) is 8.36. The number of hydrogen-bond acceptors (Lipinski definition) is 3. The van der Waals surface area contributed by atoms with Crippen LogP contribution in [0.3, 0.4) is 0 Å². The molecule has 98 valence electrons. The molecule has 4 heteroatoms. The van der Waals surface area contributed by atoms with E-state index in [1.165, 1.54) is 25.7 Å². The quantitative estimate of drug-likeness (QED) is 0.725. The van der Waals surface area contributed by atoms with Crippen LogP contribution in [0.5, 0.6) is 0 Å². The van der Waals surface area contributed by atoms with Gasteiger partial charge in [-0.25, -0.2) is 0 Å². The Kier molecular flexibility index (Phi) is 4.77. The molecule has 0 radical (unpaired) electrons. The van der Waals surface area contributed by atoms with Crippen LogP contribution in [0.1, 0.15) is 50.8 Å². The predicted molar refractivity (Wildman–Crippen MR) is 70.9 cm³/mol. The number of hydrogen-bond donors (Lipinski definition) is 0. The molecule has 0 spiro atoms. The Bertz CT molecular complexity index is 398. The highest BCUT2D eigenvalue weighted by Crippen LogP contribution is 2.28. The molecule has 1 heterocycles. The van der Waals surface area contributed by atoms with Crippen molar-refractivity contribution < 1.29 is 0 Å². The second-order valence-corrected chi connectivity index (χ2v) is 5.09. The second-order valence-electron chi connectivity index (χ2n) is 5.09. The summed E-state index contributed by atoms with van der Waals surface area (Å²) < 4.78 is 2.12. The maximum absolute atomic E-state index is 8.80. The molecule has 0 saturated heterocycles. The van der Waals surface area contributed by atoms with Crippen molar-refractivity contribution in [2.24, 2.45) is 0 Å². The third kappa shape index (κ3) is 3.33. The van der Waals surface area contributed by atoms with Crippen molar-refractivity contribution >= 4 is 0 Å². The van der Waals surface area contributed by atoms with Crippen LogP contribution in [0.25, 0.3) is 0 Å². The van der Waals surface area contributed by atoms with Gasteiger partial charge >= 0.3 is 0 Å². The van der Waals surface area contributed by atoms with E-state index in [4.69, 9.17) is 5.26 Å². The van der Waals surface area contributed by atoms with Crippen molar-refractivity contribution in [3.8, 4) is 6.07 Å². The van der Waals surface area contributed by atoms with Crippen molar-refractivity contribution in [1.29, 1.82) is 5.26 Å². The average Bonchev–Trinajstić information content (AvgIpc) is 2.98. The largest absolute Gasteiger partial charge is 0.285 e. The summed E-state index contributed by atoms with van der Waals surface area (Å²) in [4.78, 5) is 2.15. The smallest absolute Gasteiger partial charge is 0.0869 e. The molecule has 0 bridgehead atoms. The first-order valence-electron chi connectivity index (χ1n) is 6.97. The Morgan fingerprint density at radius 2 is 2.28 bits per heavy atom. The van der Waals surface area contributed by atoms with E-state index in [2.05, 4.69) is 39.9 Å². The monoisotopic (exact) mass is 246 g/mol. The summed E-state index contributed by atoms with van der Waals surface area (Å²) in [6.45, 7) is 4.39. The third-order valence-corrected chi connectivity index (χ3v) is 3.58. The van der Waals surface area contributed by atoms with Gasteiger partial charge in [-0.05, 0) is 31.9 Å². The van der Waals surface area contributed by atoms with E-state index < -0.39 is 0 Å². The number of nitriles is 1. The fourth-order valence-electron chi connectivity index (χ4n) is 2.69. The Morgan fingerprint density at radius 3 is 2.94 bits per heavy atom. The number of aromatic nitrogens is 2. The standard InChI is InChI=1S/C14H22N4/c1-2-9-17(11-8-15)12-13-7-10-18(16-13)14-5-3-4-6-14/h7,10,14H,2-6,9,11-12H2,1H3. The first-order valence-corrected chi connectivity index (χ1v) is 6.97. The molecule has 2 rings (SSSR count). The summed E-state index contributed by atoms with van der Waals surface area (Å²) >= 11 is 0. The second kappa shape index (κ2) is 6.55. The minimum atomic E-state index is 0.490. The summed E-state index contributed by atoms with van der Waals surface area (Å²) in [5, 5.41) is 13.5. The average molecular weight is 246 g/mol. The SMILES string of the molecule is CCCN(CC#N)Cc1ccn(C2CCCC2)n1. The molecular weight excluding hydrogens is 224 g/mol. The van der Waals surface area contributed by atoms with E-state index in [1.807, 2.05) is 0 Å². The molecule has 0 atom stereocenters. The van der Waals surface area contributed by atoms with Crippen LogP contribution in [0, 0.1) is 11.3 Å². The Balaban J connectivity index is 1.94. The van der Waals surface area contributed by atoms with Crippen LogP contribution in [0.15, 0.2) is 12.3 Å². The Morgan fingerprint density at radius 1 is 1.50 bits per heavy atom. The van der Waals surface area contributed by atoms with Gasteiger partial charge in [-0.15, -0.1) is 0 Å². The normalized spacial score (nSPS) is 16.3. The van der Waals surface area contributed by atoms with E-state index in [9.17, 15) is 0 Å². The zero-order chi connectivity index (χ0) is 12.8. The van der Waals surface area contributed by atoms with Gasteiger partial charge in [0.05, 0.1) is 24.3 Å². The minimum Gasteiger partial charge on any atom is -0.285 e. The van der Waals surface area contributed by atoms with Crippen LogP contribution in [-0.2, 0) is 6.54 Å². The molecule has 1 aliphatic rings. The van der Waals surface area contributed by atoms with Crippen molar-refractivity contribution in [2.75, 3.05) is 13.1 Å². The maximum atomic E-state index is 8.80. The summed E-state index contributed by atoms with van der Waals surface area (Å²) in [5.74, 6) is 0. The maximum Gasteiger partial charge on any atom is 0.0869 e. The minimum absolute atomic E-state index is 0.490. The topological polar surface area (TPSA) is 44.9 Å². The highest BCUT2D eigenvalue weighted by molar-refractivity contribution is 5.01. The van der Waals surface area contributed by atoms with Gasteiger partial charge in [-0.3, -0.25) is 9.58 Å². The van der Waals surface area contributed by atoms with Crippen molar-refractivity contribution in [1.82, 2.24) is 14.7 Å². The van der Waals surface area contributed by atoms with Crippen LogP contribution < -0.4 is 0 Å². The Hall–Kier alpha value is -1.34. The van der Waals surface area contributed by atoms with E-state index in [0.717, 1.165) is 25.2 Å². The lowest BCUT2D eigenvalue weighted by molar-refractivity contribution is 0.292. The highest BCUT2D eigenvalue weighted by atomic mass is 15.3. The lowest BCUT2D eigenvalue weighted by Crippen LogP contribution is -2.24. The van der Waals surface area contributed by atoms with Gasteiger partial charge in [0.25, 0.3) is 0 Å². The van der Waals surface area contributed by atoms with E-state index in [-0.39, 0.29) is 0 Å². The van der Waals surface area contributed by atoms with Crippen molar-refractivity contribution in [3.05, 3.63) is 18.0 Å². The molecule has 1 saturated carbocycles. The van der Waals surface area contributed by atoms with Crippen molar-refractivity contribution in [3.63, 3.8) is 0 Å². The molecule has 4 nitrogen and oxygen atoms in total. The third-order valence-electron chi connectivity index (χ3n) is 3.58. The van der Waals surface area contributed by atoms with Gasteiger partial charge in [-0.2, -0.15) is 10.4 Å². The number of rotatable bonds is 6. The van der Waals surface area contributed by atoms with E-state index in [0.29, 0.717) is 12.6 Å². The molecule has 0 aliphatic heterocycles. The fraction of sp³-hybridized carbons (Fsp3) is 0.714. The molecule has 0 unspecified atom stereocenters. The fourth-order valence-corrected chi connectivity index (χ4v) is 2.69. The van der Waals surface area contributed by atoms with Gasteiger partial charge in [0.15, 0.2) is 0 Å². The molecule has 1 aromatic rings. The van der Waals surface area contributed by atoms with Gasteiger partial charge in [-0.1, -0.05) is 19.8 Å². The van der Waals surface area contributed by atoms with Crippen LogP contribution in [0.4, 0.5) is 0 Å². The summed E-state index contributed by atoms with van der Waals surface area (Å²) in [7, 11) is 0. The highest BCUT2D eigenvalue weighted by Gasteiger charge is 2.17. The van der Waals surface area contributed by atoms with Gasteiger partial charge in [0.2, 0.25) is 0 Å². The zero-order valence-corrected chi connectivity index (χ0v) is 11.2. The van der Waals surface area contributed by atoms with Gasteiger partial charge in [0.1, 0.15) is 0 Å². The van der Waals surface area contributed by atoms with E-state index >= 15 is 0 Å². The van der Waals surface area contributed by atoms with Crippen LogP contribution in [-0.4, -0.2) is 27.8 Å². The zero-order valence-electron chi connectivity index (χ0n) is 11.2. The summed E-state index contributed by atoms with van der Waals surface area (Å²) in [6, 6.07) is 4.93. The predicted octanol–water partition coefficient (Wildman–Crippen LogP) is 2.73. The van der Waals surface area contributed by atoms with Gasteiger partial charge < -0.3 is 0 Å². The Labute approximate surface area is 109 Å². The lowest BCUT2D eigenvalue weighted by Gasteiger charge is -2.16. The molecular formula is C14H22N4. The van der Waals surface area contributed by atoms with Crippen molar-refractivity contribution in [2.45, 2.75) is 51.6 Å². The molecule has 1 fully saturated rings. The molecule has 0 N–H and O–H groups in total. The molecule has 1 aromatic heterocycles. The number of nitrogens with zero attached hydrogens (tertiary/aromatic N) is 4. The first kappa shape index (κ1) is 13.1. The van der Waals surface area contributed by atoms with E-state index in [1.54, 1.807) is 0 Å².